The third kappa shape index (κ3) is 2.55. The summed E-state index contributed by atoms with van der Waals surface area (Å²) in [6, 6.07) is 7.76. The number of aromatic nitrogens is 1. The maximum atomic E-state index is 12.1. The van der Waals surface area contributed by atoms with Crippen LogP contribution in [0.15, 0.2) is 41.6 Å². The number of thiazole rings is 1. The van der Waals surface area contributed by atoms with Crippen molar-refractivity contribution in [3.05, 3.63) is 36.4 Å². The second-order valence-electron chi connectivity index (χ2n) is 4.36. The number of oxime groups is 1. The molecule has 1 N–H and O–H groups in total. The number of hydrogen-bond donors (Lipinski definition) is 1. The van der Waals surface area contributed by atoms with E-state index in [2.05, 4.69) is 15.5 Å². The Morgan fingerprint density at radius 1 is 1.50 bits per heavy atom. The van der Waals surface area contributed by atoms with Gasteiger partial charge in [0.05, 0.1) is 15.9 Å². The van der Waals surface area contributed by atoms with Crippen LogP contribution in [0.5, 0.6) is 0 Å². The maximum Gasteiger partial charge on any atom is 0.270 e. The summed E-state index contributed by atoms with van der Waals surface area (Å²) in [5.74, 6) is -0.215. The molecule has 1 aromatic carbocycles. The quantitative estimate of drug-likeness (QED) is 0.944. The summed E-state index contributed by atoms with van der Waals surface area (Å²) < 4.78 is 1.04. The summed E-state index contributed by atoms with van der Waals surface area (Å²) in [5, 5.41) is 7.23. The average molecular weight is 287 g/mol. The van der Waals surface area contributed by atoms with Crippen LogP contribution < -0.4 is 5.32 Å². The van der Waals surface area contributed by atoms with Gasteiger partial charge in [-0.25, -0.2) is 4.98 Å². The van der Waals surface area contributed by atoms with E-state index in [1.54, 1.807) is 0 Å². The minimum absolute atomic E-state index is 0.215. The van der Waals surface area contributed by atoms with Gasteiger partial charge < -0.3 is 4.84 Å². The van der Waals surface area contributed by atoms with Gasteiger partial charge in [-0.3, -0.25) is 10.1 Å². The minimum Gasteiger partial charge on any atom is -0.382 e. The Kier molecular flexibility index (Phi) is 3.47. The molecular formula is C14H13N3O2S. The molecule has 0 saturated heterocycles. The number of nitrogens with zero attached hydrogens (tertiary/aromatic N) is 2. The highest BCUT2D eigenvalue weighted by Gasteiger charge is 2.27. The molecule has 2 aromatic rings. The molecule has 0 radical (unpaired) electrons. The van der Waals surface area contributed by atoms with Crippen molar-refractivity contribution in [1.29, 1.82) is 0 Å². The number of allylic oxidation sites excluding steroid dienone is 2. The summed E-state index contributed by atoms with van der Waals surface area (Å²) in [7, 11) is 0. The van der Waals surface area contributed by atoms with E-state index in [0.29, 0.717) is 11.6 Å². The molecule has 5 nitrogen and oxygen atoms in total. The second-order valence-corrected chi connectivity index (χ2v) is 5.39. The first-order valence-corrected chi connectivity index (χ1v) is 7.10. The number of amides is 1. The van der Waals surface area contributed by atoms with Gasteiger partial charge in [-0.1, -0.05) is 34.7 Å². The standard InChI is InChI=1S/C14H13N3O2S/c1-2-5-9-8-11(19-17-9)13(18)16-14-15-10-6-3-4-7-12(10)20-14/h2-7,11H,8H2,1H3,(H,15,16,18). The van der Waals surface area contributed by atoms with Crippen LogP contribution in [0, 0.1) is 0 Å². The van der Waals surface area contributed by atoms with Crippen molar-refractivity contribution in [1.82, 2.24) is 4.98 Å². The number of carbonyl (C=O) groups excluding carboxylic acids is 1. The van der Waals surface area contributed by atoms with E-state index in [4.69, 9.17) is 4.84 Å². The number of hydrogen-bond acceptors (Lipinski definition) is 5. The van der Waals surface area contributed by atoms with Gasteiger partial charge in [-0.05, 0) is 25.1 Å². The molecule has 2 heterocycles. The van der Waals surface area contributed by atoms with Crippen LogP contribution in [0.25, 0.3) is 10.2 Å². The summed E-state index contributed by atoms with van der Waals surface area (Å²) in [6.07, 6.45) is 3.62. The highest BCUT2D eigenvalue weighted by atomic mass is 32.1. The number of benzene rings is 1. The monoisotopic (exact) mass is 287 g/mol. The highest BCUT2D eigenvalue weighted by molar-refractivity contribution is 7.22. The van der Waals surface area contributed by atoms with Crippen LogP contribution in [0.4, 0.5) is 5.13 Å². The lowest BCUT2D eigenvalue weighted by Gasteiger charge is -2.06. The van der Waals surface area contributed by atoms with Gasteiger partial charge in [0.25, 0.3) is 5.91 Å². The maximum absolute atomic E-state index is 12.1. The Bertz CT molecular complexity index is 672. The van der Waals surface area contributed by atoms with E-state index in [9.17, 15) is 4.79 Å². The minimum atomic E-state index is -0.576. The smallest absolute Gasteiger partial charge is 0.270 e. The Hall–Kier alpha value is -2.21. The fraction of sp³-hybridized carbons (Fsp3) is 0.214. The zero-order valence-electron chi connectivity index (χ0n) is 10.9. The fourth-order valence-corrected chi connectivity index (χ4v) is 2.81. The Balaban J connectivity index is 1.68. The van der Waals surface area contributed by atoms with E-state index < -0.39 is 6.10 Å². The summed E-state index contributed by atoms with van der Waals surface area (Å²) in [6.45, 7) is 1.90. The largest absolute Gasteiger partial charge is 0.382 e. The number of carbonyl (C=O) groups is 1. The normalized spacial score (nSPS) is 18.2. The van der Waals surface area contributed by atoms with Gasteiger partial charge in [0.1, 0.15) is 0 Å². The van der Waals surface area contributed by atoms with Gasteiger partial charge in [0.2, 0.25) is 6.10 Å². The molecule has 102 valence electrons. The number of fused-ring (bicyclic) bond motifs is 1. The van der Waals surface area contributed by atoms with Gasteiger partial charge >= 0.3 is 0 Å². The van der Waals surface area contributed by atoms with Gasteiger partial charge in [0, 0.05) is 6.42 Å². The molecule has 1 amide bonds. The molecule has 0 fully saturated rings. The van der Waals surface area contributed by atoms with E-state index in [1.807, 2.05) is 43.3 Å². The van der Waals surface area contributed by atoms with Crippen molar-refractivity contribution >= 4 is 38.3 Å². The first kappa shape index (κ1) is 12.8. The van der Waals surface area contributed by atoms with Gasteiger partial charge in [-0.2, -0.15) is 0 Å². The van der Waals surface area contributed by atoms with Crippen LogP contribution in [0.3, 0.4) is 0 Å². The molecule has 20 heavy (non-hydrogen) atoms. The molecule has 1 unspecified atom stereocenters. The summed E-state index contributed by atoms with van der Waals surface area (Å²) in [4.78, 5) is 21.6. The number of nitrogens with one attached hydrogen (secondary N) is 1. The van der Waals surface area contributed by atoms with Gasteiger partial charge in [0.15, 0.2) is 5.13 Å². The summed E-state index contributed by atoms with van der Waals surface area (Å²) in [5.41, 5.74) is 1.66. The number of anilines is 1. The third-order valence-corrected chi connectivity index (χ3v) is 3.82. The number of rotatable bonds is 3. The Labute approximate surface area is 120 Å². The van der Waals surface area contributed by atoms with Crippen molar-refractivity contribution in [2.24, 2.45) is 5.16 Å². The molecule has 6 heteroatoms. The lowest BCUT2D eigenvalue weighted by atomic mass is 10.1. The predicted molar refractivity (Wildman–Crippen MR) is 80.0 cm³/mol. The van der Waals surface area contributed by atoms with E-state index in [-0.39, 0.29) is 5.91 Å². The van der Waals surface area contributed by atoms with Crippen molar-refractivity contribution in [2.75, 3.05) is 5.32 Å². The average Bonchev–Trinajstić information content (AvgIpc) is 3.04. The zero-order chi connectivity index (χ0) is 13.9. The molecule has 1 aromatic heterocycles. The second kappa shape index (κ2) is 5.42. The van der Waals surface area contributed by atoms with E-state index in [0.717, 1.165) is 15.9 Å². The van der Waals surface area contributed by atoms with Crippen molar-refractivity contribution < 1.29 is 9.63 Å². The molecule has 1 aliphatic heterocycles. The van der Waals surface area contributed by atoms with Crippen molar-refractivity contribution in [3.8, 4) is 0 Å². The molecule has 1 aliphatic rings. The van der Waals surface area contributed by atoms with E-state index >= 15 is 0 Å². The topological polar surface area (TPSA) is 63.6 Å². The molecule has 1 atom stereocenters. The fourth-order valence-electron chi connectivity index (χ4n) is 1.94. The van der Waals surface area contributed by atoms with Crippen molar-refractivity contribution in [3.63, 3.8) is 0 Å². The van der Waals surface area contributed by atoms with Crippen LogP contribution >= 0.6 is 11.3 Å². The first-order chi connectivity index (χ1) is 9.76. The summed E-state index contributed by atoms with van der Waals surface area (Å²) >= 11 is 1.45. The Morgan fingerprint density at radius 3 is 3.15 bits per heavy atom. The van der Waals surface area contributed by atoms with Crippen LogP contribution in [0.1, 0.15) is 13.3 Å². The van der Waals surface area contributed by atoms with Crippen molar-refractivity contribution in [2.45, 2.75) is 19.4 Å². The highest BCUT2D eigenvalue weighted by Crippen LogP contribution is 2.26. The van der Waals surface area contributed by atoms with E-state index in [1.165, 1.54) is 11.3 Å². The molecule has 0 saturated carbocycles. The van der Waals surface area contributed by atoms with Crippen LogP contribution in [-0.4, -0.2) is 22.7 Å². The molecule has 3 rings (SSSR count). The first-order valence-electron chi connectivity index (χ1n) is 6.28. The molecular weight excluding hydrogens is 274 g/mol. The van der Waals surface area contributed by atoms with Crippen LogP contribution in [-0.2, 0) is 9.63 Å². The van der Waals surface area contributed by atoms with Gasteiger partial charge in [-0.15, -0.1) is 0 Å². The van der Waals surface area contributed by atoms with Crippen LogP contribution in [0.2, 0.25) is 0 Å². The molecule has 0 spiro atoms. The molecule has 0 aliphatic carbocycles. The SMILES string of the molecule is CC=CC1=NOC(C(=O)Nc2nc3ccccc3s2)C1. The zero-order valence-corrected chi connectivity index (χ0v) is 11.7. The predicted octanol–water partition coefficient (Wildman–Crippen LogP) is 2.96. The lowest BCUT2D eigenvalue weighted by molar-refractivity contribution is -0.125. The Morgan fingerprint density at radius 2 is 2.35 bits per heavy atom. The lowest BCUT2D eigenvalue weighted by Crippen LogP contribution is -2.27. The third-order valence-electron chi connectivity index (χ3n) is 2.87. The molecule has 0 bridgehead atoms. The number of para-hydroxylation sites is 1.